The van der Waals surface area contributed by atoms with E-state index in [9.17, 15) is 14.4 Å². The second-order valence-corrected chi connectivity index (χ2v) is 7.54. The van der Waals surface area contributed by atoms with Crippen molar-refractivity contribution in [3.63, 3.8) is 0 Å². The average Bonchev–Trinajstić information content (AvgIpc) is 3.07. The third kappa shape index (κ3) is 4.37. The highest BCUT2D eigenvalue weighted by molar-refractivity contribution is 7.20. The molecule has 1 amide bonds. The Morgan fingerprint density at radius 2 is 1.86 bits per heavy atom. The highest BCUT2D eigenvalue weighted by Gasteiger charge is 2.21. The first-order valence-electron chi connectivity index (χ1n) is 9.43. The zero-order chi connectivity index (χ0) is 21.0. The van der Waals surface area contributed by atoms with E-state index in [1.807, 2.05) is 44.2 Å². The topological polar surface area (TPSA) is 81.5 Å². The van der Waals surface area contributed by atoms with Crippen LogP contribution in [0.25, 0.3) is 10.2 Å². The summed E-state index contributed by atoms with van der Waals surface area (Å²) >= 11 is 1.13. The van der Waals surface area contributed by atoms with Crippen LogP contribution >= 0.6 is 11.3 Å². The van der Waals surface area contributed by atoms with Crippen LogP contribution in [0.3, 0.4) is 0 Å². The molecule has 2 heterocycles. The molecule has 8 heteroatoms. The highest BCUT2D eigenvalue weighted by atomic mass is 32.1. The lowest BCUT2D eigenvalue weighted by molar-refractivity contribution is -0.131. The fourth-order valence-electron chi connectivity index (χ4n) is 3.08. The third-order valence-corrected chi connectivity index (χ3v) is 5.92. The molecular weight excluding hydrogens is 390 g/mol. The van der Waals surface area contributed by atoms with Crippen LogP contribution in [0, 0.1) is 6.92 Å². The minimum absolute atomic E-state index is 0.0769. The lowest BCUT2D eigenvalue weighted by atomic mass is 10.2. The maximum absolute atomic E-state index is 12.9. The van der Waals surface area contributed by atoms with Gasteiger partial charge < -0.3 is 9.64 Å². The van der Waals surface area contributed by atoms with Gasteiger partial charge in [0, 0.05) is 13.1 Å². The summed E-state index contributed by atoms with van der Waals surface area (Å²) in [6, 6.07) is 9.39. The summed E-state index contributed by atoms with van der Waals surface area (Å²) < 4.78 is 6.69. The minimum Gasteiger partial charge on any atom is -0.457 e. The molecule has 0 bridgehead atoms. The van der Waals surface area contributed by atoms with Crippen molar-refractivity contribution in [1.82, 2.24) is 14.5 Å². The smallest absolute Gasteiger partial charge is 0.349 e. The van der Waals surface area contributed by atoms with E-state index >= 15 is 0 Å². The van der Waals surface area contributed by atoms with Gasteiger partial charge >= 0.3 is 5.97 Å². The van der Waals surface area contributed by atoms with Crippen LogP contribution in [-0.2, 0) is 22.7 Å². The number of rotatable bonds is 7. The summed E-state index contributed by atoms with van der Waals surface area (Å²) in [5.74, 6) is -0.631. The lowest BCUT2D eigenvalue weighted by Gasteiger charge is -2.18. The molecule has 2 aromatic heterocycles. The fraction of sp³-hybridized carbons (Fsp3) is 0.333. The van der Waals surface area contributed by atoms with E-state index in [2.05, 4.69) is 4.98 Å². The van der Waals surface area contributed by atoms with E-state index in [0.717, 1.165) is 16.9 Å². The molecule has 0 radical (unpaired) electrons. The van der Waals surface area contributed by atoms with E-state index < -0.39 is 5.97 Å². The van der Waals surface area contributed by atoms with Crippen molar-refractivity contribution in [3.8, 4) is 0 Å². The van der Waals surface area contributed by atoms with E-state index in [0.29, 0.717) is 33.7 Å². The Morgan fingerprint density at radius 1 is 1.17 bits per heavy atom. The van der Waals surface area contributed by atoms with Gasteiger partial charge in [-0.05, 0) is 31.9 Å². The van der Waals surface area contributed by atoms with Crippen LogP contribution in [0.5, 0.6) is 0 Å². The molecule has 0 fully saturated rings. The number of hydrogen-bond donors (Lipinski definition) is 0. The third-order valence-electron chi connectivity index (χ3n) is 4.74. The first-order chi connectivity index (χ1) is 14.0. The molecular formula is C21H23N3O4S. The van der Waals surface area contributed by atoms with E-state index in [4.69, 9.17) is 4.74 Å². The maximum atomic E-state index is 12.9. The number of fused-ring (bicyclic) bond motifs is 1. The summed E-state index contributed by atoms with van der Waals surface area (Å²) in [4.78, 5) is 44.6. The molecule has 1 aromatic carbocycles. The number of carbonyl (C=O) groups is 2. The van der Waals surface area contributed by atoms with Gasteiger partial charge in [-0.15, -0.1) is 11.3 Å². The van der Waals surface area contributed by atoms with Crippen molar-refractivity contribution in [3.05, 3.63) is 63.0 Å². The van der Waals surface area contributed by atoms with Crippen LogP contribution in [-0.4, -0.2) is 39.4 Å². The van der Waals surface area contributed by atoms with Gasteiger partial charge in [-0.1, -0.05) is 30.3 Å². The number of thiophene rings is 1. The molecule has 0 aliphatic carbocycles. The lowest BCUT2D eigenvalue weighted by Crippen LogP contribution is -2.36. The summed E-state index contributed by atoms with van der Waals surface area (Å²) in [6.07, 6.45) is 1.36. The predicted octanol–water partition coefficient (Wildman–Crippen LogP) is 2.99. The number of carbonyl (C=O) groups excluding carboxylic acids is 2. The van der Waals surface area contributed by atoms with Crippen molar-refractivity contribution >= 4 is 33.4 Å². The first kappa shape index (κ1) is 20.7. The number of likely N-dealkylation sites (N-methyl/N-ethyl adjacent to an activating group) is 1. The molecule has 0 aliphatic rings. The number of nitrogens with zero attached hydrogens (tertiary/aromatic N) is 3. The van der Waals surface area contributed by atoms with Crippen LogP contribution in [0.2, 0.25) is 0 Å². The first-order valence-corrected chi connectivity index (χ1v) is 10.2. The number of aromatic nitrogens is 2. The molecule has 0 N–H and O–H groups in total. The van der Waals surface area contributed by atoms with Crippen molar-refractivity contribution in [2.75, 3.05) is 13.1 Å². The van der Waals surface area contributed by atoms with Gasteiger partial charge in [0.1, 0.15) is 22.9 Å². The second-order valence-electron chi connectivity index (χ2n) is 6.54. The van der Waals surface area contributed by atoms with Gasteiger partial charge in [0.25, 0.3) is 5.56 Å². The Bertz CT molecular complexity index is 1080. The van der Waals surface area contributed by atoms with Crippen LogP contribution in [0.4, 0.5) is 0 Å². The van der Waals surface area contributed by atoms with Gasteiger partial charge in [-0.3, -0.25) is 14.2 Å². The fourth-order valence-corrected chi connectivity index (χ4v) is 4.11. The molecule has 0 saturated carbocycles. The molecule has 7 nitrogen and oxygen atoms in total. The number of aryl methyl sites for hydroxylation is 1. The van der Waals surface area contributed by atoms with E-state index in [1.54, 1.807) is 11.8 Å². The number of esters is 1. The Kier molecular flexibility index (Phi) is 6.43. The Labute approximate surface area is 172 Å². The van der Waals surface area contributed by atoms with Gasteiger partial charge in [0.2, 0.25) is 5.91 Å². The van der Waals surface area contributed by atoms with Crippen LogP contribution < -0.4 is 5.56 Å². The quantitative estimate of drug-likeness (QED) is 0.556. The summed E-state index contributed by atoms with van der Waals surface area (Å²) in [7, 11) is 0. The normalized spacial score (nSPS) is 10.9. The zero-order valence-electron chi connectivity index (χ0n) is 16.7. The van der Waals surface area contributed by atoms with E-state index in [-0.39, 0.29) is 24.6 Å². The molecule has 3 aromatic rings. The molecule has 152 valence electrons. The Morgan fingerprint density at radius 3 is 2.52 bits per heavy atom. The van der Waals surface area contributed by atoms with Gasteiger partial charge in [0.05, 0.1) is 11.7 Å². The number of amides is 1. The Hall–Kier alpha value is -3.00. The molecule has 0 aliphatic heterocycles. The maximum Gasteiger partial charge on any atom is 0.349 e. The standard InChI is InChI=1S/C21H23N3O4S/c1-4-23(5-2)16(25)11-24-13-22-19-17(20(24)26)14(3)18(29-19)21(27)28-12-15-9-7-6-8-10-15/h6-10,13H,4-5,11-12H2,1-3H3. The van der Waals surface area contributed by atoms with E-state index in [1.165, 1.54) is 10.9 Å². The Balaban J connectivity index is 1.85. The van der Waals surface area contributed by atoms with Crippen molar-refractivity contribution in [2.24, 2.45) is 0 Å². The van der Waals surface area contributed by atoms with Gasteiger partial charge in [0.15, 0.2) is 0 Å². The van der Waals surface area contributed by atoms with Crippen molar-refractivity contribution in [1.29, 1.82) is 0 Å². The molecule has 29 heavy (non-hydrogen) atoms. The summed E-state index contributed by atoms with van der Waals surface area (Å²) in [5.41, 5.74) is 1.09. The monoisotopic (exact) mass is 413 g/mol. The summed E-state index contributed by atoms with van der Waals surface area (Å²) in [6.45, 7) is 6.72. The number of hydrogen-bond acceptors (Lipinski definition) is 6. The predicted molar refractivity (Wildman–Crippen MR) is 112 cm³/mol. The van der Waals surface area contributed by atoms with Crippen LogP contribution in [0.1, 0.15) is 34.6 Å². The van der Waals surface area contributed by atoms with Gasteiger partial charge in [-0.25, -0.2) is 9.78 Å². The largest absolute Gasteiger partial charge is 0.457 e. The molecule has 0 saturated heterocycles. The summed E-state index contributed by atoms with van der Waals surface area (Å²) in [5, 5.41) is 0.358. The number of benzene rings is 1. The average molecular weight is 413 g/mol. The number of ether oxygens (including phenoxy) is 1. The van der Waals surface area contributed by atoms with Gasteiger partial charge in [-0.2, -0.15) is 0 Å². The highest BCUT2D eigenvalue weighted by Crippen LogP contribution is 2.27. The van der Waals surface area contributed by atoms with Crippen molar-refractivity contribution in [2.45, 2.75) is 33.9 Å². The molecule has 0 spiro atoms. The second kappa shape index (κ2) is 9.00. The molecule has 0 unspecified atom stereocenters. The van der Waals surface area contributed by atoms with Crippen LogP contribution in [0.15, 0.2) is 41.5 Å². The zero-order valence-corrected chi connectivity index (χ0v) is 17.5. The minimum atomic E-state index is -0.487. The SMILES string of the molecule is CCN(CC)C(=O)Cn1cnc2sc(C(=O)OCc3ccccc3)c(C)c2c1=O. The molecule has 0 atom stereocenters. The van der Waals surface area contributed by atoms with Crippen molar-refractivity contribution < 1.29 is 14.3 Å². The molecule has 3 rings (SSSR count).